The molecule has 6 nitrogen and oxygen atoms in total. The normalized spacial score (nSPS) is 12.3. The molecule has 7 heteroatoms. The smallest absolute Gasteiger partial charge is 0.242 e. The largest absolute Gasteiger partial charge is 0.325 e. The average Bonchev–Trinajstić information content (AvgIpc) is 2.58. The van der Waals surface area contributed by atoms with Crippen molar-refractivity contribution in [3.63, 3.8) is 0 Å². The molecule has 0 bridgehead atoms. The number of rotatable bonds is 6. The summed E-state index contributed by atoms with van der Waals surface area (Å²) in [6, 6.07) is 12.5. The van der Waals surface area contributed by atoms with Crippen molar-refractivity contribution in [2.45, 2.75) is 32.9 Å². The summed E-state index contributed by atoms with van der Waals surface area (Å²) in [5, 5.41) is 3.81. The monoisotopic (exact) mass is 388 g/mol. The number of sulfone groups is 1. The van der Waals surface area contributed by atoms with E-state index in [0.29, 0.717) is 11.4 Å². The van der Waals surface area contributed by atoms with Gasteiger partial charge in [-0.15, -0.1) is 0 Å². The van der Waals surface area contributed by atoms with E-state index in [1.165, 1.54) is 6.92 Å². The van der Waals surface area contributed by atoms with Gasteiger partial charge in [-0.3, -0.25) is 9.59 Å². The van der Waals surface area contributed by atoms with Crippen LogP contribution in [0.25, 0.3) is 0 Å². The summed E-state index contributed by atoms with van der Waals surface area (Å²) < 4.78 is 24.9. The van der Waals surface area contributed by atoms with E-state index in [0.717, 1.165) is 16.7 Å². The second-order valence-corrected chi connectivity index (χ2v) is 8.99. The molecule has 2 aromatic carbocycles. The summed E-state index contributed by atoms with van der Waals surface area (Å²) in [4.78, 5) is 24.4. The highest BCUT2D eigenvalue weighted by molar-refractivity contribution is 7.93. The molecule has 2 amide bonds. The third-order valence-corrected chi connectivity index (χ3v) is 6.17. The van der Waals surface area contributed by atoms with Crippen LogP contribution in [-0.4, -0.2) is 31.2 Å². The van der Waals surface area contributed by atoms with Gasteiger partial charge in [-0.2, -0.15) is 0 Å². The molecule has 0 saturated carbocycles. The maximum atomic E-state index is 12.4. The van der Waals surface area contributed by atoms with Gasteiger partial charge in [0.05, 0.1) is 0 Å². The van der Waals surface area contributed by atoms with Gasteiger partial charge in [-0.1, -0.05) is 35.4 Å². The highest BCUT2D eigenvalue weighted by Crippen LogP contribution is 2.17. The number of hydrogen-bond donors (Lipinski definition) is 2. The SMILES string of the molecule is Cc1ccc(NC(=O)CS(=O)(=O)C(C)C(=O)Nc2ccc(C)cc2C)cc1. The molecule has 0 aliphatic carbocycles. The molecule has 0 aliphatic heterocycles. The molecule has 2 rings (SSSR count). The lowest BCUT2D eigenvalue weighted by molar-refractivity contribution is -0.115. The van der Waals surface area contributed by atoms with Crippen molar-refractivity contribution in [2.24, 2.45) is 0 Å². The minimum atomic E-state index is -3.95. The zero-order chi connectivity index (χ0) is 20.2. The zero-order valence-electron chi connectivity index (χ0n) is 15.9. The Morgan fingerprint density at radius 2 is 1.52 bits per heavy atom. The average molecular weight is 388 g/mol. The molecule has 144 valence electrons. The second kappa shape index (κ2) is 8.35. The highest BCUT2D eigenvalue weighted by atomic mass is 32.2. The lowest BCUT2D eigenvalue weighted by Crippen LogP contribution is -2.37. The van der Waals surface area contributed by atoms with Crippen LogP contribution in [0.1, 0.15) is 23.6 Å². The first-order chi connectivity index (χ1) is 12.6. The maximum Gasteiger partial charge on any atom is 0.242 e. The van der Waals surface area contributed by atoms with E-state index in [9.17, 15) is 18.0 Å². The topological polar surface area (TPSA) is 92.3 Å². The molecule has 2 N–H and O–H groups in total. The van der Waals surface area contributed by atoms with Gasteiger partial charge in [-0.25, -0.2) is 8.42 Å². The van der Waals surface area contributed by atoms with Crippen LogP contribution in [0.4, 0.5) is 11.4 Å². The quantitative estimate of drug-likeness (QED) is 0.796. The van der Waals surface area contributed by atoms with Gasteiger partial charge in [0.25, 0.3) is 0 Å². The lowest BCUT2D eigenvalue weighted by atomic mass is 10.1. The van der Waals surface area contributed by atoms with E-state index in [-0.39, 0.29) is 0 Å². The fourth-order valence-electron chi connectivity index (χ4n) is 2.49. The number of amides is 2. The van der Waals surface area contributed by atoms with Gasteiger partial charge in [0, 0.05) is 11.4 Å². The molecule has 2 aromatic rings. The summed E-state index contributed by atoms with van der Waals surface area (Å²) in [6.45, 7) is 6.95. The second-order valence-electron chi connectivity index (χ2n) is 6.67. The molecule has 27 heavy (non-hydrogen) atoms. The number of carbonyl (C=O) groups excluding carboxylic acids is 2. The van der Waals surface area contributed by atoms with Crippen LogP contribution in [0.15, 0.2) is 42.5 Å². The van der Waals surface area contributed by atoms with E-state index in [1.54, 1.807) is 18.2 Å². The molecule has 1 unspecified atom stereocenters. The first-order valence-corrected chi connectivity index (χ1v) is 10.3. The summed E-state index contributed by atoms with van der Waals surface area (Å²) in [6.07, 6.45) is 0. The maximum absolute atomic E-state index is 12.4. The van der Waals surface area contributed by atoms with E-state index in [1.807, 2.05) is 45.0 Å². The first kappa shape index (κ1) is 20.6. The van der Waals surface area contributed by atoms with E-state index in [2.05, 4.69) is 10.6 Å². The van der Waals surface area contributed by atoms with Gasteiger partial charge in [0.2, 0.25) is 11.8 Å². The Bertz CT molecular complexity index is 950. The minimum Gasteiger partial charge on any atom is -0.325 e. The number of aryl methyl sites for hydroxylation is 3. The molecule has 1 atom stereocenters. The van der Waals surface area contributed by atoms with Crippen LogP contribution in [0, 0.1) is 20.8 Å². The number of hydrogen-bond acceptors (Lipinski definition) is 4. The molecular formula is C20H24N2O4S. The molecule has 0 spiro atoms. The fraction of sp³-hybridized carbons (Fsp3) is 0.300. The number of anilines is 2. The Labute approximate surface area is 159 Å². The van der Waals surface area contributed by atoms with E-state index < -0.39 is 32.7 Å². The van der Waals surface area contributed by atoms with Crippen LogP contribution >= 0.6 is 0 Å². The summed E-state index contributed by atoms with van der Waals surface area (Å²) >= 11 is 0. The van der Waals surface area contributed by atoms with E-state index >= 15 is 0 Å². The van der Waals surface area contributed by atoms with Crippen molar-refractivity contribution < 1.29 is 18.0 Å². The fourth-order valence-corrected chi connectivity index (χ4v) is 3.57. The van der Waals surface area contributed by atoms with Crippen molar-refractivity contribution in [3.8, 4) is 0 Å². The molecule has 0 radical (unpaired) electrons. The Kier molecular flexibility index (Phi) is 6.38. The molecular weight excluding hydrogens is 364 g/mol. The van der Waals surface area contributed by atoms with Crippen LogP contribution < -0.4 is 10.6 Å². The zero-order valence-corrected chi connectivity index (χ0v) is 16.7. The Morgan fingerprint density at radius 1 is 0.926 bits per heavy atom. The van der Waals surface area contributed by atoms with Crippen molar-refractivity contribution in [2.75, 3.05) is 16.4 Å². The summed E-state index contributed by atoms with van der Waals surface area (Å²) in [5.74, 6) is -2.10. The number of carbonyl (C=O) groups is 2. The van der Waals surface area contributed by atoms with Crippen molar-refractivity contribution in [3.05, 3.63) is 59.2 Å². The third-order valence-electron chi connectivity index (χ3n) is 4.22. The van der Waals surface area contributed by atoms with Gasteiger partial charge >= 0.3 is 0 Å². The number of nitrogens with one attached hydrogen (secondary N) is 2. The number of benzene rings is 2. The molecule has 0 heterocycles. The summed E-state index contributed by atoms with van der Waals surface area (Å²) in [7, 11) is -3.95. The molecule has 0 saturated heterocycles. The van der Waals surface area contributed by atoms with Gasteiger partial charge < -0.3 is 10.6 Å². The van der Waals surface area contributed by atoms with Crippen LogP contribution in [0.5, 0.6) is 0 Å². The van der Waals surface area contributed by atoms with Gasteiger partial charge in [0.15, 0.2) is 9.84 Å². The third kappa shape index (κ3) is 5.65. The predicted octanol–water partition coefficient (Wildman–Crippen LogP) is 2.99. The van der Waals surface area contributed by atoms with Crippen molar-refractivity contribution in [1.29, 1.82) is 0 Å². The minimum absolute atomic E-state index is 0.508. The molecule has 0 fully saturated rings. The van der Waals surface area contributed by atoms with Gasteiger partial charge in [-0.05, 0) is 51.5 Å². The van der Waals surface area contributed by atoms with Crippen LogP contribution in [-0.2, 0) is 19.4 Å². The van der Waals surface area contributed by atoms with Crippen molar-refractivity contribution >= 4 is 33.0 Å². The van der Waals surface area contributed by atoms with Gasteiger partial charge in [0.1, 0.15) is 11.0 Å². The predicted molar refractivity (Wildman–Crippen MR) is 108 cm³/mol. The summed E-state index contributed by atoms with van der Waals surface area (Å²) in [5.41, 5.74) is 3.96. The van der Waals surface area contributed by atoms with Crippen LogP contribution in [0.2, 0.25) is 0 Å². The highest BCUT2D eigenvalue weighted by Gasteiger charge is 2.30. The Morgan fingerprint density at radius 3 is 2.11 bits per heavy atom. The van der Waals surface area contributed by atoms with Crippen molar-refractivity contribution in [1.82, 2.24) is 0 Å². The Hall–Kier alpha value is -2.67. The molecule has 0 aliphatic rings. The van der Waals surface area contributed by atoms with Crippen LogP contribution in [0.3, 0.4) is 0 Å². The Balaban J connectivity index is 2.02. The molecule has 0 aromatic heterocycles. The standard InChI is InChI=1S/C20H24N2O4S/c1-13-5-8-17(9-6-13)21-19(23)12-27(25,26)16(4)20(24)22-18-10-7-14(2)11-15(18)3/h5-11,16H,12H2,1-4H3,(H,21,23)(H,22,24). The van der Waals surface area contributed by atoms with E-state index in [4.69, 9.17) is 0 Å². The first-order valence-electron chi connectivity index (χ1n) is 8.54. The lowest BCUT2D eigenvalue weighted by Gasteiger charge is -2.15.